The lowest BCUT2D eigenvalue weighted by Crippen LogP contribution is -2.54. The van der Waals surface area contributed by atoms with Gasteiger partial charge in [0.05, 0.1) is 0 Å². The Labute approximate surface area is 119 Å². The van der Waals surface area contributed by atoms with E-state index in [2.05, 4.69) is 10.6 Å². The van der Waals surface area contributed by atoms with Gasteiger partial charge in [-0.25, -0.2) is 4.39 Å². The Bertz CT molecular complexity index is 502. The first-order valence-electron chi connectivity index (χ1n) is 6.64. The topological polar surface area (TPSA) is 41.1 Å². The molecule has 116 valence electrons. The normalized spacial score (nSPS) is 22.9. The van der Waals surface area contributed by atoms with Gasteiger partial charge in [0.15, 0.2) is 0 Å². The molecule has 1 amide bonds. The van der Waals surface area contributed by atoms with Gasteiger partial charge in [0.2, 0.25) is 0 Å². The number of benzene rings is 1. The largest absolute Gasteiger partial charge is 0.403 e. The lowest BCUT2D eigenvalue weighted by Gasteiger charge is -2.31. The van der Waals surface area contributed by atoms with Crippen LogP contribution in [0, 0.1) is 12.7 Å². The van der Waals surface area contributed by atoms with E-state index in [-0.39, 0.29) is 31.0 Å². The highest BCUT2D eigenvalue weighted by Gasteiger charge is 2.41. The minimum absolute atomic E-state index is 0.0458. The Hall–Kier alpha value is -1.63. The summed E-state index contributed by atoms with van der Waals surface area (Å²) in [4.78, 5) is 12.0. The summed E-state index contributed by atoms with van der Waals surface area (Å²) in [7, 11) is 0. The average Bonchev–Trinajstić information content (AvgIpc) is 2.37. The number of alkyl halides is 3. The van der Waals surface area contributed by atoms with E-state index < -0.39 is 23.9 Å². The predicted molar refractivity (Wildman–Crippen MR) is 69.5 cm³/mol. The molecule has 2 rings (SSSR count). The van der Waals surface area contributed by atoms with E-state index in [4.69, 9.17) is 0 Å². The van der Waals surface area contributed by atoms with Crippen molar-refractivity contribution in [2.75, 3.05) is 6.54 Å². The molecule has 1 aromatic carbocycles. The van der Waals surface area contributed by atoms with Gasteiger partial charge in [-0.3, -0.25) is 4.79 Å². The van der Waals surface area contributed by atoms with Crippen molar-refractivity contribution >= 4 is 5.91 Å². The number of carbonyl (C=O) groups is 1. The van der Waals surface area contributed by atoms with Gasteiger partial charge in [-0.05, 0) is 43.5 Å². The summed E-state index contributed by atoms with van der Waals surface area (Å²) >= 11 is 0. The molecule has 21 heavy (non-hydrogen) atoms. The molecule has 2 atom stereocenters. The highest BCUT2D eigenvalue weighted by Crippen LogP contribution is 2.26. The van der Waals surface area contributed by atoms with Crippen LogP contribution in [-0.4, -0.2) is 30.7 Å². The highest BCUT2D eigenvalue weighted by molar-refractivity contribution is 5.94. The van der Waals surface area contributed by atoms with Gasteiger partial charge >= 0.3 is 6.18 Å². The smallest absolute Gasteiger partial charge is 0.348 e. The maximum absolute atomic E-state index is 13.2. The van der Waals surface area contributed by atoms with E-state index in [1.54, 1.807) is 6.92 Å². The van der Waals surface area contributed by atoms with Crippen molar-refractivity contribution in [2.45, 2.75) is 38.0 Å². The first-order valence-corrected chi connectivity index (χ1v) is 6.64. The van der Waals surface area contributed by atoms with E-state index in [1.165, 1.54) is 12.1 Å². The van der Waals surface area contributed by atoms with E-state index >= 15 is 0 Å². The van der Waals surface area contributed by atoms with Crippen LogP contribution in [0.3, 0.4) is 0 Å². The number of piperidine rings is 1. The van der Waals surface area contributed by atoms with Crippen LogP contribution in [0.25, 0.3) is 0 Å². The van der Waals surface area contributed by atoms with Crippen LogP contribution >= 0.6 is 0 Å². The lowest BCUT2D eigenvalue weighted by atomic mass is 10.00. The Morgan fingerprint density at radius 2 is 2.00 bits per heavy atom. The number of carbonyl (C=O) groups excluding carboxylic acids is 1. The van der Waals surface area contributed by atoms with Gasteiger partial charge in [0.25, 0.3) is 5.91 Å². The number of halogens is 4. The molecule has 0 saturated carbocycles. The molecule has 0 radical (unpaired) electrons. The summed E-state index contributed by atoms with van der Waals surface area (Å²) in [6.45, 7) is 1.71. The van der Waals surface area contributed by atoms with E-state index in [0.29, 0.717) is 5.56 Å². The minimum atomic E-state index is -4.27. The standard InChI is InChI=1S/C14H16F4N2O/c1-8-4-9(6-10(15)5-8)13(21)20-11-2-3-12(19-7-11)14(16,17)18/h4-6,11-12,19H,2-3,7H2,1H3,(H,20,21). The molecule has 0 aliphatic carbocycles. The molecule has 1 aliphatic rings. The maximum Gasteiger partial charge on any atom is 0.403 e. The van der Waals surface area contributed by atoms with Crippen molar-refractivity contribution in [2.24, 2.45) is 0 Å². The van der Waals surface area contributed by atoms with Crippen LogP contribution in [0.4, 0.5) is 17.6 Å². The molecule has 3 nitrogen and oxygen atoms in total. The molecule has 0 bridgehead atoms. The van der Waals surface area contributed by atoms with Crippen LogP contribution < -0.4 is 10.6 Å². The summed E-state index contributed by atoms with van der Waals surface area (Å²) < 4.78 is 50.7. The zero-order chi connectivity index (χ0) is 15.6. The van der Waals surface area contributed by atoms with Gasteiger partial charge in [-0.1, -0.05) is 0 Å². The van der Waals surface area contributed by atoms with Crippen molar-refractivity contribution in [1.82, 2.24) is 10.6 Å². The summed E-state index contributed by atoms with van der Waals surface area (Å²) in [6.07, 6.45) is -4.12. The average molecular weight is 304 g/mol. The number of nitrogens with one attached hydrogen (secondary N) is 2. The number of amides is 1. The first-order chi connectivity index (χ1) is 9.75. The van der Waals surface area contributed by atoms with Gasteiger partial charge in [0.1, 0.15) is 11.9 Å². The molecule has 7 heteroatoms. The predicted octanol–water partition coefficient (Wildman–Crippen LogP) is 2.55. The van der Waals surface area contributed by atoms with E-state index in [0.717, 1.165) is 6.07 Å². The molecule has 1 aliphatic heterocycles. The molecule has 1 aromatic rings. The second kappa shape index (κ2) is 6.01. The van der Waals surface area contributed by atoms with Crippen LogP contribution in [0.15, 0.2) is 18.2 Å². The lowest BCUT2D eigenvalue weighted by molar-refractivity contribution is -0.160. The van der Waals surface area contributed by atoms with Gasteiger partial charge in [-0.2, -0.15) is 13.2 Å². The molecule has 0 spiro atoms. The quantitative estimate of drug-likeness (QED) is 0.825. The van der Waals surface area contributed by atoms with E-state index in [9.17, 15) is 22.4 Å². The third-order valence-corrected chi connectivity index (χ3v) is 3.45. The number of hydrogen-bond acceptors (Lipinski definition) is 2. The van der Waals surface area contributed by atoms with Crippen LogP contribution in [-0.2, 0) is 0 Å². The second-order valence-electron chi connectivity index (χ2n) is 5.27. The Kier molecular flexibility index (Phi) is 4.51. The summed E-state index contributed by atoms with van der Waals surface area (Å²) in [5.74, 6) is -0.992. The van der Waals surface area contributed by atoms with Gasteiger partial charge in [0, 0.05) is 18.2 Å². The third kappa shape index (κ3) is 4.17. The number of rotatable bonds is 2. The minimum Gasteiger partial charge on any atom is -0.348 e. The molecular weight excluding hydrogens is 288 g/mol. The number of aryl methyl sites for hydroxylation is 1. The molecular formula is C14H16F4N2O. The van der Waals surface area contributed by atoms with Crippen LogP contribution in [0.2, 0.25) is 0 Å². The molecule has 2 N–H and O–H groups in total. The second-order valence-corrected chi connectivity index (χ2v) is 5.27. The first kappa shape index (κ1) is 15.8. The van der Waals surface area contributed by atoms with Crippen LogP contribution in [0.5, 0.6) is 0 Å². The molecule has 1 fully saturated rings. The fourth-order valence-electron chi connectivity index (χ4n) is 2.40. The Morgan fingerprint density at radius 1 is 1.29 bits per heavy atom. The zero-order valence-electron chi connectivity index (χ0n) is 11.4. The molecule has 1 heterocycles. The zero-order valence-corrected chi connectivity index (χ0v) is 11.4. The molecule has 0 aromatic heterocycles. The fraction of sp³-hybridized carbons (Fsp3) is 0.500. The number of hydrogen-bond donors (Lipinski definition) is 2. The monoisotopic (exact) mass is 304 g/mol. The van der Waals surface area contributed by atoms with Crippen LogP contribution in [0.1, 0.15) is 28.8 Å². The highest BCUT2D eigenvalue weighted by atomic mass is 19.4. The molecule has 1 saturated heterocycles. The third-order valence-electron chi connectivity index (χ3n) is 3.45. The van der Waals surface area contributed by atoms with E-state index in [1.807, 2.05) is 0 Å². The Balaban J connectivity index is 1.93. The van der Waals surface area contributed by atoms with Crippen molar-refractivity contribution in [3.05, 3.63) is 35.1 Å². The summed E-state index contributed by atoms with van der Waals surface area (Å²) in [5.41, 5.74) is 0.782. The van der Waals surface area contributed by atoms with Gasteiger partial charge < -0.3 is 10.6 Å². The summed E-state index contributed by atoms with van der Waals surface area (Å²) in [5, 5.41) is 5.00. The van der Waals surface area contributed by atoms with Gasteiger partial charge in [-0.15, -0.1) is 0 Å². The summed E-state index contributed by atoms with van der Waals surface area (Å²) in [6, 6.07) is 2.03. The van der Waals surface area contributed by atoms with Crippen molar-refractivity contribution < 1.29 is 22.4 Å². The SMILES string of the molecule is Cc1cc(F)cc(C(=O)NC2CCC(C(F)(F)F)NC2)c1. The Morgan fingerprint density at radius 3 is 2.52 bits per heavy atom. The van der Waals surface area contributed by atoms with Crippen molar-refractivity contribution in [3.8, 4) is 0 Å². The fourth-order valence-corrected chi connectivity index (χ4v) is 2.40. The molecule has 2 unspecified atom stereocenters. The maximum atomic E-state index is 13.2. The van der Waals surface area contributed by atoms with Crippen molar-refractivity contribution in [3.63, 3.8) is 0 Å². The van der Waals surface area contributed by atoms with Crippen molar-refractivity contribution in [1.29, 1.82) is 0 Å².